The van der Waals surface area contributed by atoms with E-state index in [1.165, 1.54) is 10.6 Å². The van der Waals surface area contributed by atoms with Gasteiger partial charge in [0.05, 0.1) is 19.1 Å². The maximum atomic E-state index is 12.6. The van der Waals surface area contributed by atoms with Crippen LogP contribution >= 0.6 is 0 Å². The number of piperazine rings is 1. The minimum atomic E-state index is -3.13. The van der Waals surface area contributed by atoms with Crippen molar-refractivity contribution >= 4 is 21.6 Å². The topological polar surface area (TPSA) is 79.0 Å². The van der Waals surface area contributed by atoms with Gasteiger partial charge in [-0.25, -0.2) is 8.42 Å². The molecule has 1 amide bonds. The average molecular weight is 404 g/mol. The van der Waals surface area contributed by atoms with E-state index in [-0.39, 0.29) is 5.91 Å². The molecule has 0 radical (unpaired) electrons. The van der Waals surface area contributed by atoms with Crippen molar-refractivity contribution in [2.75, 3.05) is 44.9 Å². The Morgan fingerprint density at radius 1 is 1.07 bits per heavy atom. The van der Waals surface area contributed by atoms with Crippen molar-refractivity contribution in [2.45, 2.75) is 6.54 Å². The van der Waals surface area contributed by atoms with Crippen molar-refractivity contribution in [3.05, 3.63) is 59.7 Å². The zero-order valence-corrected chi connectivity index (χ0v) is 16.9. The SMILES string of the molecule is COc1ccccc1NC(=O)c1cccc(CN2CCN(S(C)(=O)=O)CC2)c1. The van der Waals surface area contributed by atoms with Gasteiger partial charge in [0.15, 0.2) is 0 Å². The molecule has 2 aromatic rings. The lowest BCUT2D eigenvalue weighted by Gasteiger charge is -2.33. The van der Waals surface area contributed by atoms with Crippen LogP contribution in [0.4, 0.5) is 5.69 Å². The van der Waals surface area contributed by atoms with Crippen molar-refractivity contribution in [1.29, 1.82) is 0 Å². The van der Waals surface area contributed by atoms with Crippen molar-refractivity contribution in [3.8, 4) is 5.75 Å². The standard InChI is InChI=1S/C20H25N3O4S/c1-27-19-9-4-3-8-18(19)21-20(24)17-7-5-6-16(14-17)15-22-10-12-23(13-11-22)28(2,25)26/h3-9,14H,10-13,15H2,1-2H3,(H,21,24). The second-order valence-corrected chi connectivity index (χ2v) is 8.78. The molecule has 0 atom stereocenters. The van der Waals surface area contributed by atoms with Gasteiger partial charge in [-0.15, -0.1) is 0 Å². The highest BCUT2D eigenvalue weighted by atomic mass is 32.2. The molecule has 0 spiro atoms. The lowest BCUT2D eigenvalue weighted by Crippen LogP contribution is -2.47. The summed E-state index contributed by atoms with van der Waals surface area (Å²) in [6, 6.07) is 14.7. The van der Waals surface area contributed by atoms with E-state index in [0.717, 1.165) is 5.56 Å². The van der Waals surface area contributed by atoms with Crippen LogP contribution in [0.1, 0.15) is 15.9 Å². The molecule has 1 aliphatic heterocycles. The Labute approximate surface area is 166 Å². The van der Waals surface area contributed by atoms with Gasteiger partial charge in [-0.05, 0) is 29.8 Å². The number of nitrogens with one attached hydrogen (secondary N) is 1. The van der Waals surface area contributed by atoms with Crippen molar-refractivity contribution < 1.29 is 17.9 Å². The highest BCUT2D eigenvalue weighted by Gasteiger charge is 2.23. The summed E-state index contributed by atoms with van der Waals surface area (Å²) >= 11 is 0. The number of ether oxygens (including phenoxy) is 1. The average Bonchev–Trinajstić information content (AvgIpc) is 2.68. The highest BCUT2D eigenvalue weighted by Crippen LogP contribution is 2.24. The molecule has 0 saturated carbocycles. The number of rotatable bonds is 6. The molecule has 150 valence electrons. The molecule has 1 heterocycles. The van der Waals surface area contributed by atoms with Gasteiger partial charge in [0, 0.05) is 38.3 Å². The number of amides is 1. The third kappa shape index (κ3) is 5.09. The minimum Gasteiger partial charge on any atom is -0.495 e. The first-order chi connectivity index (χ1) is 13.4. The number of sulfonamides is 1. The van der Waals surface area contributed by atoms with E-state index in [2.05, 4.69) is 10.2 Å². The van der Waals surface area contributed by atoms with Gasteiger partial charge < -0.3 is 10.1 Å². The number of carbonyl (C=O) groups excluding carboxylic acids is 1. The first kappa shape index (κ1) is 20.3. The molecule has 1 fully saturated rings. The Morgan fingerprint density at radius 2 is 1.79 bits per heavy atom. The maximum absolute atomic E-state index is 12.6. The van der Waals surface area contributed by atoms with Gasteiger partial charge in [0.2, 0.25) is 10.0 Å². The van der Waals surface area contributed by atoms with Crippen LogP contribution in [0.5, 0.6) is 5.75 Å². The van der Waals surface area contributed by atoms with Gasteiger partial charge in [-0.2, -0.15) is 4.31 Å². The third-order valence-electron chi connectivity index (χ3n) is 4.75. The van der Waals surface area contributed by atoms with Gasteiger partial charge in [-0.1, -0.05) is 24.3 Å². The molecular formula is C20H25N3O4S. The number of benzene rings is 2. The van der Waals surface area contributed by atoms with E-state index in [1.807, 2.05) is 30.3 Å². The Balaban J connectivity index is 1.63. The number of para-hydroxylation sites is 2. The third-order valence-corrected chi connectivity index (χ3v) is 6.05. The fraction of sp³-hybridized carbons (Fsp3) is 0.350. The molecule has 0 aliphatic carbocycles. The second kappa shape index (κ2) is 8.72. The van der Waals surface area contributed by atoms with Crippen LogP contribution in [0.2, 0.25) is 0 Å². The molecule has 0 unspecified atom stereocenters. The number of carbonyl (C=O) groups is 1. The molecule has 1 saturated heterocycles. The van der Waals surface area contributed by atoms with Gasteiger partial charge in [0.1, 0.15) is 5.75 Å². The summed E-state index contributed by atoms with van der Waals surface area (Å²) in [6.45, 7) is 3.00. The number of nitrogens with zero attached hydrogens (tertiary/aromatic N) is 2. The zero-order chi connectivity index (χ0) is 20.1. The Morgan fingerprint density at radius 3 is 2.46 bits per heavy atom. The van der Waals surface area contributed by atoms with Crippen LogP contribution in [0.25, 0.3) is 0 Å². The molecule has 1 N–H and O–H groups in total. The predicted molar refractivity (Wildman–Crippen MR) is 109 cm³/mol. The minimum absolute atomic E-state index is 0.201. The normalized spacial score (nSPS) is 15.9. The van der Waals surface area contributed by atoms with E-state index in [1.54, 1.807) is 25.3 Å². The summed E-state index contributed by atoms with van der Waals surface area (Å²) in [7, 11) is -1.57. The monoisotopic (exact) mass is 403 g/mol. The molecule has 0 aromatic heterocycles. The fourth-order valence-electron chi connectivity index (χ4n) is 3.23. The van der Waals surface area contributed by atoms with Crippen LogP contribution in [0.15, 0.2) is 48.5 Å². The first-order valence-electron chi connectivity index (χ1n) is 9.07. The van der Waals surface area contributed by atoms with Gasteiger partial charge in [0.25, 0.3) is 5.91 Å². The lowest BCUT2D eigenvalue weighted by molar-refractivity contribution is 0.102. The summed E-state index contributed by atoms with van der Waals surface area (Å²) in [5.41, 5.74) is 2.20. The number of hydrogen-bond donors (Lipinski definition) is 1. The number of methoxy groups -OCH3 is 1. The molecule has 3 rings (SSSR count). The highest BCUT2D eigenvalue weighted by molar-refractivity contribution is 7.88. The molecule has 2 aromatic carbocycles. The molecule has 0 bridgehead atoms. The van der Waals surface area contributed by atoms with Crippen LogP contribution in [0, 0.1) is 0 Å². The van der Waals surface area contributed by atoms with Crippen molar-refractivity contribution in [1.82, 2.24) is 9.21 Å². The van der Waals surface area contributed by atoms with E-state index >= 15 is 0 Å². The van der Waals surface area contributed by atoms with Crippen LogP contribution < -0.4 is 10.1 Å². The largest absolute Gasteiger partial charge is 0.495 e. The maximum Gasteiger partial charge on any atom is 0.255 e. The van der Waals surface area contributed by atoms with Crippen LogP contribution in [-0.4, -0.2) is 63.1 Å². The summed E-state index contributed by atoms with van der Waals surface area (Å²) < 4.78 is 30.0. The summed E-state index contributed by atoms with van der Waals surface area (Å²) in [5.74, 6) is 0.406. The summed E-state index contributed by atoms with van der Waals surface area (Å²) in [5, 5.41) is 2.88. The molecule has 8 heteroatoms. The summed E-state index contributed by atoms with van der Waals surface area (Å²) in [6.07, 6.45) is 1.24. The van der Waals surface area contributed by atoms with Crippen LogP contribution in [-0.2, 0) is 16.6 Å². The molecule has 1 aliphatic rings. The first-order valence-corrected chi connectivity index (χ1v) is 10.9. The zero-order valence-electron chi connectivity index (χ0n) is 16.1. The summed E-state index contributed by atoms with van der Waals surface area (Å²) in [4.78, 5) is 14.8. The smallest absolute Gasteiger partial charge is 0.255 e. The predicted octanol–water partition coefficient (Wildman–Crippen LogP) is 2.02. The lowest BCUT2D eigenvalue weighted by atomic mass is 10.1. The fourth-order valence-corrected chi connectivity index (χ4v) is 4.06. The Bertz CT molecular complexity index is 938. The second-order valence-electron chi connectivity index (χ2n) is 6.79. The molecular weight excluding hydrogens is 378 g/mol. The molecule has 28 heavy (non-hydrogen) atoms. The molecule has 7 nitrogen and oxygen atoms in total. The van der Waals surface area contributed by atoms with Crippen LogP contribution in [0.3, 0.4) is 0 Å². The van der Waals surface area contributed by atoms with Crippen molar-refractivity contribution in [3.63, 3.8) is 0 Å². The quantitative estimate of drug-likeness (QED) is 0.798. The van der Waals surface area contributed by atoms with Gasteiger partial charge in [-0.3, -0.25) is 9.69 Å². The Hall–Kier alpha value is -2.42. The van der Waals surface area contributed by atoms with E-state index in [4.69, 9.17) is 4.74 Å². The number of anilines is 1. The Kier molecular flexibility index (Phi) is 6.33. The van der Waals surface area contributed by atoms with E-state index in [0.29, 0.717) is 49.7 Å². The van der Waals surface area contributed by atoms with E-state index < -0.39 is 10.0 Å². The number of hydrogen-bond acceptors (Lipinski definition) is 5. The van der Waals surface area contributed by atoms with Crippen molar-refractivity contribution in [2.24, 2.45) is 0 Å². The van der Waals surface area contributed by atoms with Gasteiger partial charge >= 0.3 is 0 Å². The van der Waals surface area contributed by atoms with E-state index in [9.17, 15) is 13.2 Å².